The number of aromatic nitrogens is 1. The number of primary amides is 1. The summed E-state index contributed by atoms with van der Waals surface area (Å²) in [6, 6.07) is 13.0. The van der Waals surface area contributed by atoms with E-state index in [0.717, 1.165) is 23.5 Å². The Labute approximate surface area is 197 Å². The van der Waals surface area contributed by atoms with Gasteiger partial charge in [0.1, 0.15) is 9.88 Å². The summed E-state index contributed by atoms with van der Waals surface area (Å²) < 4.78 is 43.5. The van der Waals surface area contributed by atoms with Gasteiger partial charge in [-0.05, 0) is 31.2 Å². The Morgan fingerprint density at radius 1 is 1.06 bits per heavy atom. The number of carbonyl (C=O) groups excluding carboxylic acids is 3. The van der Waals surface area contributed by atoms with Crippen LogP contribution in [0, 0.1) is 6.92 Å². The Bertz CT molecular complexity index is 1180. The quantitative estimate of drug-likeness (QED) is 0.476. The third-order valence-electron chi connectivity index (χ3n) is 4.72. The number of rotatable bonds is 8. The standard InChI is InChI=1S/C23H20F3N3O4S/c1-14-20(34-21(28-14)15-7-9-16(10-8-15)23(24,25)26)22(32)33-13-19(31)29(12-11-18(27)30)17-5-3-2-4-6-17/h2-10H,11-13H2,1H3,(H2,27,30). The topological polar surface area (TPSA) is 103 Å². The molecule has 0 saturated heterocycles. The summed E-state index contributed by atoms with van der Waals surface area (Å²) in [6.07, 6.45) is -4.52. The van der Waals surface area contributed by atoms with E-state index < -0.39 is 36.1 Å². The van der Waals surface area contributed by atoms with Gasteiger partial charge in [-0.1, -0.05) is 30.3 Å². The maximum Gasteiger partial charge on any atom is 0.416 e. The molecule has 178 valence electrons. The molecule has 2 amide bonds. The molecule has 0 atom stereocenters. The summed E-state index contributed by atoms with van der Waals surface area (Å²) in [5.74, 6) is -1.92. The van der Waals surface area contributed by atoms with E-state index in [2.05, 4.69) is 4.98 Å². The van der Waals surface area contributed by atoms with Crippen LogP contribution in [0.15, 0.2) is 54.6 Å². The first kappa shape index (κ1) is 24.9. The fraction of sp³-hybridized carbons (Fsp3) is 0.217. The zero-order chi connectivity index (χ0) is 24.9. The molecule has 3 aromatic rings. The van der Waals surface area contributed by atoms with E-state index in [0.29, 0.717) is 22.0 Å². The van der Waals surface area contributed by atoms with Crippen molar-refractivity contribution >= 4 is 34.8 Å². The summed E-state index contributed by atoms with van der Waals surface area (Å²) in [4.78, 5) is 42.1. The molecule has 0 aliphatic heterocycles. The van der Waals surface area contributed by atoms with Gasteiger partial charge in [-0.3, -0.25) is 9.59 Å². The molecule has 34 heavy (non-hydrogen) atoms. The zero-order valence-corrected chi connectivity index (χ0v) is 18.8. The number of nitrogens with zero attached hydrogens (tertiary/aromatic N) is 2. The lowest BCUT2D eigenvalue weighted by Gasteiger charge is -2.22. The average Bonchev–Trinajstić information content (AvgIpc) is 3.19. The number of benzene rings is 2. The fourth-order valence-corrected chi connectivity index (χ4v) is 3.98. The van der Waals surface area contributed by atoms with Gasteiger partial charge >= 0.3 is 12.1 Å². The van der Waals surface area contributed by atoms with Crippen LogP contribution in [0.4, 0.5) is 18.9 Å². The Kier molecular flexibility index (Phi) is 7.67. The van der Waals surface area contributed by atoms with E-state index in [-0.39, 0.29) is 17.8 Å². The van der Waals surface area contributed by atoms with Gasteiger partial charge in [0.2, 0.25) is 5.91 Å². The average molecular weight is 491 g/mol. The molecule has 3 rings (SSSR count). The summed E-state index contributed by atoms with van der Waals surface area (Å²) >= 11 is 0.952. The highest BCUT2D eigenvalue weighted by Crippen LogP contribution is 2.33. The molecule has 0 aliphatic carbocycles. The minimum atomic E-state index is -4.45. The lowest BCUT2D eigenvalue weighted by molar-refractivity contribution is -0.137. The maximum absolute atomic E-state index is 12.8. The SMILES string of the molecule is Cc1nc(-c2ccc(C(F)(F)F)cc2)sc1C(=O)OCC(=O)N(CCC(N)=O)c1ccccc1. The van der Waals surface area contributed by atoms with Crippen molar-refractivity contribution in [2.75, 3.05) is 18.1 Å². The molecule has 0 radical (unpaired) electrons. The number of hydrogen-bond acceptors (Lipinski definition) is 6. The van der Waals surface area contributed by atoms with Crippen LogP contribution in [0.2, 0.25) is 0 Å². The number of anilines is 1. The highest BCUT2D eigenvalue weighted by Gasteiger charge is 2.30. The van der Waals surface area contributed by atoms with E-state index >= 15 is 0 Å². The van der Waals surface area contributed by atoms with Crippen LogP contribution >= 0.6 is 11.3 Å². The predicted octanol–water partition coefficient (Wildman–Crippen LogP) is 4.20. The number of amides is 2. The number of alkyl halides is 3. The van der Waals surface area contributed by atoms with Crippen molar-refractivity contribution in [3.05, 3.63) is 70.7 Å². The van der Waals surface area contributed by atoms with Gasteiger partial charge in [-0.25, -0.2) is 9.78 Å². The first-order valence-electron chi connectivity index (χ1n) is 10.0. The molecule has 0 unspecified atom stereocenters. The Morgan fingerprint density at radius 3 is 2.29 bits per heavy atom. The second kappa shape index (κ2) is 10.5. The molecule has 0 aliphatic rings. The monoisotopic (exact) mass is 491 g/mol. The molecule has 2 N–H and O–H groups in total. The zero-order valence-electron chi connectivity index (χ0n) is 18.0. The molecular formula is C23H20F3N3O4S. The number of aryl methyl sites for hydroxylation is 1. The minimum Gasteiger partial charge on any atom is -0.451 e. The second-order valence-corrected chi connectivity index (χ2v) is 8.18. The first-order valence-corrected chi connectivity index (χ1v) is 10.8. The number of thiazole rings is 1. The molecule has 2 aromatic carbocycles. The van der Waals surface area contributed by atoms with Crippen LogP contribution < -0.4 is 10.6 Å². The number of ether oxygens (including phenoxy) is 1. The predicted molar refractivity (Wildman–Crippen MR) is 120 cm³/mol. The maximum atomic E-state index is 12.8. The molecule has 1 heterocycles. The normalized spacial score (nSPS) is 11.2. The van der Waals surface area contributed by atoms with Crippen molar-refractivity contribution in [1.82, 2.24) is 4.98 Å². The van der Waals surface area contributed by atoms with E-state index in [1.807, 2.05) is 0 Å². The van der Waals surface area contributed by atoms with Crippen molar-refractivity contribution < 1.29 is 32.3 Å². The molecule has 7 nitrogen and oxygen atoms in total. The Hall–Kier alpha value is -3.73. The van der Waals surface area contributed by atoms with E-state index in [4.69, 9.17) is 10.5 Å². The first-order chi connectivity index (χ1) is 16.1. The van der Waals surface area contributed by atoms with Crippen LogP contribution in [0.1, 0.15) is 27.3 Å². The summed E-state index contributed by atoms with van der Waals surface area (Å²) in [7, 11) is 0. The third kappa shape index (κ3) is 6.19. The van der Waals surface area contributed by atoms with Crippen LogP contribution in [0.5, 0.6) is 0 Å². The Balaban J connectivity index is 1.70. The smallest absolute Gasteiger partial charge is 0.416 e. The molecule has 0 bridgehead atoms. The van der Waals surface area contributed by atoms with Crippen molar-refractivity contribution in [3.63, 3.8) is 0 Å². The van der Waals surface area contributed by atoms with Gasteiger partial charge in [0.25, 0.3) is 5.91 Å². The van der Waals surface area contributed by atoms with Crippen LogP contribution in [-0.4, -0.2) is 35.9 Å². The van der Waals surface area contributed by atoms with Gasteiger partial charge in [0.05, 0.1) is 11.3 Å². The van der Waals surface area contributed by atoms with Gasteiger partial charge in [0.15, 0.2) is 6.61 Å². The largest absolute Gasteiger partial charge is 0.451 e. The van der Waals surface area contributed by atoms with Gasteiger partial charge in [-0.15, -0.1) is 11.3 Å². The summed E-state index contributed by atoms with van der Waals surface area (Å²) in [5, 5.41) is 0.344. The molecule has 0 fully saturated rings. The Morgan fingerprint density at radius 2 is 1.71 bits per heavy atom. The van der Waals surface area contributed by atoms with Gasteiger partial charge in [0, 0.05) is 24.2 Å². The van der Waals surface area contributed by atoms with Gasteiger partial charge < -0.3 is 15.4 Å². The van der Waals surface area contributed by atoms with Crippen LogP contribution in [0.3, 0.4) is 0 Å². The molecular weight excluding hydrogens is 471 g/mol. The number of halogens is 3. The van der Waals surface area contributed by atoms with E-state index in [1.165, 1.54) is 17.0 Å². The third-order valence-corrected chi connectivity index (χ3v) is 5.91. The van der Waals surface area contributed by atoms with Crippen LogP contribution in [0.25, 0.3) is 10.6 Å². The molecule has 1 aromatic heterocycles. The lowest BCUT2D eigenvalue weighted by Crippen LogP contribution is -2.37. The fourth-order valence-electron chi connectivity index (χ4n) is 3.01. The number of carbonyl (C=O) groups is 3. The molecule has 0 spiro atoms. The van der Waals surface area contributed by atoms with Gasteiger partial charge in [-0.2, -0.15) is 13.2 Å². The highest BCUT2D eigenvalue weighted by atomic mass is 32.1. The molecule has 0 saturated carbocycles. The number of esters is 1. The van der Waals surface area contributed by atoms with Crippen LogP contribution in [-0.2, 0) is 20.5 Å². The van der Waals surface area contributed by atoms with Crippen molar-refractivity contribution in [3.8, 4) is 10.6 Å². The van der Waals surface area contributed by atoms with E-state index in [9.17, 15) is 27.6 Å². The molecule has 11 heteroatoms. The summed E-state index contributed by atoms with van der Waals surface area (Å²) in [6.45, 7) is 0.998. The van der Waals surface area contributed by atoms with Crippen molar-refractivity contribution in [2.24, 2.45) is 5.73 Å². The minimum absolute atomic E-state index is 0.0212. The second-order valence-electron chi connectivity index (χ2n) is 7.18. The lowest BCUT2D eigenvalue weighted by atomic mass is 10.1. The number of hydrogen-bond donors (Lipinski definition) is 1. The van der Waals surface area contributed by atoms with Crippen molar-refractivity contribution in [2.45, 2.75) is 19.5 Å². The summed E-state index contributed by atoms with van der Waals surface area (Å²) in [5.41, 5.74) is 5.66. The van der Waals surface area contributed by atoms with Crippen molar-refractivity contribution in [1.29, 1.82) is 0 Å². The highest BCUT2D eigenvalue weighted by molar-refractivity contribution is 7.17. The number of nitrogens with two attached hydrogens (primary N) is 1. The number of para-hydroxylation sites is 1. The van der Waals surface area contributed by atoms with E-state index in [1.54, 1.807) is 37.3 Å².